The van der Waals surface area contributed by atoms with Crippen molar-refractivity contribution in [3.05, 3.63) is 65.7 Å². The van der Waals surface area contributed by atoms with E-state index in [1.165, 1.54) is 11.3 Å². The van der Waals surface area contributed by atoms with E-state index in [0.29, 0.717) is 19.6 Å². The van der Waals surface area contributed by atoms with E-state index in [2.05, 4.69) is 46.3 Å². The second kappa shape index (κ2) is 12.0. The van der Waals surface area contributed by atoms with Gasteiger partial charge in [-0.1, -0.05) is 42.5 Å². The zero-order chi connectivity index (χ0) is 24.7. The molecule has 7 nitrogen and oxygen atoms in total. The topological polar surface area (TPSA) is 73.0 Å². The van der Waals surface area contributed by atoms with Gasteiger partial charge in [0.2, 0.25) is 5.91 Å². The third-order valence-corrected chi connectivity index (χ3v) is 8.66. The van der Waals surface area contributed by atoms with Gasteiger partial charge in [0, 0.05) is 51.5 Å². The minimum atomic E-state index is -2.99. The predicted molar refractivity (Wildman–Crippen MR) is 141 cm³/mol. The first-order valence-electron chi connectivity index (χ1n) is 12.7. The second-order valence-electron chi connectivity index (χ2n) is 9.67. The van der Waals surface area contributed by atoms with Gasteiger partial charge in [-0.2, -0.15) is 0 Å². The number of benzene rings is 2. The minimum Gasteiger partial charge on any atom is -0.369 e. The summed E-state index contributed by atoms with van der Waals surface area (Å²) < 4.78 is 23.7. The van der Waals surface area contributed by atoms with Crippen LogP contribution in [0.2, 0.25) is 0 Å². The summed E-state index contributed by atoms with van der Waals surface area (Å²) in [5.41, 5.74) is 3.52. The average Bonchev–Trinajstić information content (AvgIpc) is 2.86. The van der Waals surface area contributed by atoms with Gasteiger partial charge in [-0.05, 0) is 49.6 Å². The fourth-order valence-corrected chi connectivity index (χ4v) is 6.20. The van der Waals surface area contributed by atoms with Crippen molar-refractivity contribution in [2.75, 3.05) is 68.8 Å². The van der Waals surface area contributed by atoms with Gasteiger partial charge < -0.3 is 10.2 Å². The third kappa shape index (κ3) is 7.29. The smallest absolute Gasteiger partial charge is 0.241 e. The first-order chi connectivity index (χ1) is 16.9. The van der Waals surface area contributed by atoms with Gasteiger partial charge in [-0.15, -0.1) is 0 Å². The van der Waals surface area contributed by atoms with E-state index in [-0.39, 0.29) is 17.4 Å². The Balaban J connectivity index is 1.20. The lowest BCUT2D eigenvalue weighted by Gasteiger charge is -2.36. The Labute approximate surface area is 210 Å². The maximum absolute atomic E-state index is 13.1. The summed E-state index contributed by atoms with van der Waals surface area (Å²) in [6.45, 7) is 8.82. The van der Waals surface area contributed by atoms with Crippen LogP contribution in [-0.4, -0.2) is 88.0 Å². The Morgan fingerprint density at radius 2 is 1.63 bits per heavy atom. The van der Waals surface area contributed by atoms with Crippen LogP contribution < -0.4 is 10.2 Å². The van der Waals surface area contributed by atoms with Gasteiger partial charge in [-0.3, -0.25) is 14.6 Å². The van der Waals surface area contributed by atoms with Crippen LogP contribution in [0.15, 0.2) is 54.6 Å². The molecule has 4 rings (SSSR count). The predicted octanol–water partition coefficient (Wildman–Crippen LogP) is 2.49. The molecule has 1 unspecified atom stereocenters. The largest absolute Gasteiger partial charge is 0.369 e. The molecule has 2 aliphatic rings. The van der Waals surface area contributed by atoms with Crippen LogP contribution in [0.1, 0.15) is 30.0 Å². The summed E-state index contributed by atoms with van der Waals surface area (Å²) in [4.78, 5) is 20.1. The maximum atomic E-state index is 13.1. The number of carbonyl (C=O) groups excluding carboxylic acids is 1. The number of amides is 1. The maximum Gasteiger partial charge on any atom is 0.241 e. The van der Waals surface area contributed by atoms with Crippen LogP contribution in [0.3, 0.4) is 0 Å². The van der Waals surface area contributed by atoms with Gasteiger partial charge in [0.1, 0.15) is 6.04 Å². The van der Waals surface area contributed by atoms with Crippen molar-refractivity contribution >= 4 is 21.4 Å². The quantitative estimate of drug-likeness (QED) is 0.536. The number of rotatable bonds is 9. The minimum absolute atomic E-state index is 0.0396. The first-order valence-corrected chi connectivity index (χ1v) is 14.5. The van der Waals surface area contributed by atoms with Crippen molar-refractivity contribution in [3.8, 4) is 0 Å². The van der Waals surface area contributed by atoms with Crippen LogP contribution in [0.4, 0.5) is 5.69 Å². The van der Waals surface area contributed by atoms with Gasteiger partial charge >= 0.3 is 0 Å². The molecule has 8 heteroatoms. The highest BCUT2D eigenvalue weighted by Crippen LogP contribution is 2.23. The summed E-state index contributed by atoms with van der Waals surface area (Å²) >= 11 is 0. The Morgan fingerprint density at radius 3 is 2.31 bits per heavy atom. The van der Waals surface area contributed by atoms with E-state index in [1.807, 2.05) is 35.2 Å². The lowest BCUT2D eigenvalue weighted by Crippen LogP contribution is -2.48. The van der Waals surface area contributed by atoms with Crippen molar-refractivity contribution in [3.63, 3.8) is 0 Å². The number of hydrogen-bond acceptors (Lipinski definition) is 6. The molecule has 2 fully saturated rings. The van der Waals surface area contributed by atoms with Crippen molar-refractivity contribution in [1.29, 1.82) is 0 Å². The number of aryl methyl sites for hydroxylation is 1. The third-order valence-electron chi connectivity index (χ3n) is 7.05. The number of anilines is 1. The Kier molecular flexibility index (Phi) is 8.81. The van der Waals surface area contributed by atoms with Gasteiger partial charge in [0.15, 0.2) is 9.84 Å². The fraction of sp³-hybridized carbons (Fsp3) is 0.519. The molecule has 2 saturated heterocycles. The molecule has 35 heavy (non-hydrogen) atoms. The van der Waals surface area contributed by atoms with E-state index in [0.717, 1.165) is 51.1 Å². The summed E-state index contributed by atoms with van der Waals surface area (Å²) in [6, 6.07) is 17.9. The number of nitrogens with one attached hydrogen (secondary N) is 1. The van der Waals surface area contributed by atoms with Gasteiger partial charge in [0.25, 0.3) is 0 Å². The van der Waals surface area contributed by atoms with E-state index in [1.54, 1.807) is 0 Å². The summed E-state index contributed by atoms with van der Waals surface area (Å²) in [5.74, 6) is 0.184. The molecule has 2 aromatic rings. The number of sulfone groups is 1. The highest BCUT2D eigenvalue weighted by atomic mass is 32.2. The highest BCUT2D eigenvalue weighted by Gasteiger charge is 2.32. The molecule has 2 aromatic carbocycles. The van der Waals surface area contributed by atoms with Crippen molar-refractivity contribution < 1.29 is 13.2 Å². The molecule has 2 aliphatic heterocycles. The van der Waals surface area contributed by atoms with Crippen LogP contribution in [0.5, 0.6) is 0 Å². The molecule has 190 valence electrons. The second-order valence-corrected chi connectivity index (χ2v) is 12.0. The number of nitrogens with zero attached hydrogens (tertiary/aromatic N) is 3. The molecule has 1 amide bonds. The molecule has 1 atom stereocenters. The van der Waals surface area contributed by atoms with Crippen LogP contribution in [-0.2, 0) is 14.6 Å². The number of unbranched alkanes of at least 4 members (excludes halogenated alkanes) is 1. The molecule has 2 heterocycles. The zero-order valence-electron chi connectivity index (χ0n) is 20.7. The van der Waals surface area contributed by atoms with Gasteiger partial charge in [-0.25, -0.2) is 8.42 Å². The molecule has 0 spiro atoms. The Hall–Kier alpha value is -2.42. The van der Waals surface area contributed by atoms with E-state index < -0.39 is 15.9 Å². The number of piperazine rings is 1. The lowest BCUT2D eigenvalue weighted by atomic mass is 10.0. The molecule has 1 N–H and O–H groups in total. The monoisotopic (exact) mass is 498 g/mol. The average molecular weight is 499 g/mol. The normalized spacial score (nSPS) is 19.9. The van der Waals surface area contributed by atoms with Gasteiger partial charge in [0.05, 0.1) is 11.5 Å². The number of hydrogen-bond donors (Lipinski definition) is 1. The molecule has 0 bridgehead atoms. The van der Waals surface area contributed by atoms with E-state index in [9.17, 15) is 13.2 Å². The van der Waals surface area contributed by atoms with E-state index >= 15 is 0 Å². The zero-order valence-corrected chi connectivity index (χ0v) is 21.5. The van der Waals surface area contributed by atoms with Crippen molar-refractivity contribution in [2.45, 2.75) is 25.8 Å². The molecular formula is C27H38N4O3S. The molecule has 0 saturated carbocycles. The van der Waals surface area contributed by atoms with Crippen LogP contribution in [0.25, 0.3) is 0 Å². The Bertz CT molecular complexity index is 1050. The van der Waals surface area contributed by atoms with E-state index in [4.69, 9.17) is 0 Å². The molecule has 0 aliphatic carbocycles. The first kappa shape index (κ1) is 25.7. The van der Waals surface area contributed by atoms with Crippen LogP contribution >= 0.6 is 0 Å². The Morgan fingerprint density at radius 1 is 0.914 bits per heavy atom. The van der Waals surface area contributed by atoms with Crippen molar-refractivity contribution in [1.82, 2.24) is 15.1 Å². The summed E-state index contributed by atoms with van der Waals surface area (Å²) in [7, 11) is -2.99. The standard InChI is InChI=1S/C27H38N4O3S/c1-23-8-7-11-25(22-23)30-16-14-29(15-17-30)13-6-5-12-28-27(32)26(24-9-3-2-4-10-24)31-18-20-35(33,34)21-19-31/h2-4,7-11,22,26H,5-6,12-21H2,1H3,(H,28,32). The molecule has 0 aromatic heterocycles. The van der Waals surface area contributed by atoms with Crippen LogP contribution in [0, 0.1) is 6.92 Å². The molecular weight excluding hydrogens is 460 g/mol. The van der Waals surface area contributed by atoms with Crippen molar-refractivity contribution in [2.24, 2.45) is 0 Å². The summed E-state index contributed by atoms with van der Waals surface area (Å²) in [6.07, 6.45) is 1.97. The lowest BCUT2D eigenvalue weighted by molar-refractivity contribution is -0.126. The fourth-order valence-electron chi connectivity index (χ4n) is 4.97. The molecule has 0 radical (unpaired) electrons. The SMILES string of the molecule is Cc1cccc(N2CCN(CCCCNC(=O)C(c3ccccc3)N3CCS(=O)(=O)CC3)CC2)c1. The highest BCUT2D eigenvalue weighted by molar-refractivity contribution is 7.91. The summed E-state index contributed by atoms with van der Waals surface area (Å²) in [5, 5.41) is 3.11. The number of carbonyl (C=O) groups is 1.